The average Bonchev–Trinajstić information content (AvgIpc) is 2.48. The second-order valence-electron chi connectivity index (χ2n) is 5.38. The highest BCUT2D eigenvalue weighted by atomic mass is 32.2. The number of hydrogen-bond acceptors (Lipinski definition) is 4. The molecule has 0 aliphatic carbocycles. The van der Waals surface area contributed by atoms with E-state index in [0.29, 0.717) is 13.0 Å². The van der Waals surface area contributed by atoms with E-state index in [1.807, 2.05) is 7.05 Å². The van der Waals surface area contributed by atoms with Crippen molar-refractivity contribution in [2.24, 2.45) is 0 Å². The number of halogens is 1. The molecule has 112 valence electrons. The van der Waals surface area contributed by atoms with Gasteiger partial charge in [0.25, 0.3) is 0 Å². The maximum atomic E-state index is 13.5. The zero-order valence-electron chi connectivity index (χ0n) is 12.0. The molecular formula is C14H21FN2O2S. The van der Waals surface area contributed by atoms with E-state index in [0.717, 1.165) is 30.9 Å². The molecule has 20 heavy (non-hydrogen) atoms. The fraction of sp³-hybridized carbons (Fsp3) is 0.571. The Kier molecular flexibility index (Phi) is 4.52. The summed E-state index contributed by atoms with van der Waals surface area (Å²) in [5.41, 5.74) is 1.86. The molecule has 2 rings (SSSR count). The number of sulfone groups is 1. The first kappa shape index (κ1) is 15.1. The third-order valence-electron chi connectivity index (χ3n) is 3.55. The van der Waals surface area contributed by atoms with Crippen LogP contribution >= 0.6 is 0 Å². The van der Waals surface area contributed by atoms with Gasteiger partial charge in [-0.3, -0.25) is 0 Å². The summed E-state index contributed by atoms with van der Waals surface area (Å²) in [6, 6.07) is 4.80. The van der Waals surface area contributed by atoms with Gasteiger partial charge in [0.2, 0.25) is 0 Å². The number of hydrogen-bond donors (Lipinski definition) is 0. The molecule has 0 spiro atoms. The van der Waals surface area contributed by atoms with Gasteiger partial charge in [-0.1, -0.05) is 0 Å². The Morgan fingerprint density at radius 1 is 1.25 bits per heavy atom. The highest BCUT2D eigenvalue weighted by Crippen LogP contribution is 2.32. The van der Waals surface area contributed by atoms with Crippen molar-refractivity contribution < 1.29 is 12.8 Å². The highest BCUT2D eigenvalue weighted by molar-refractivity contribution is 7.90. The van der Waals surface area contributed by atoms with Crippen molar-refractivity contribution in [3.8, 4) is 0 Å². The first-order valence-electron chi connectivity index (χ1n) is 6.80. The van der Waals surface area contributed by atoms with Gasteiger partial charge in [-0.2, -0.15) is 0 Å². The first-order chi connectivity index (χ1) is 9.37. The minimum atomic E-state index is -2.94. The minimum Gasteiger partial charge on any atom is -0.373 e. The standard InChI is InChI=1S/C14H21FN2O2S/c1-16-7-3-8-17(9-4-10-20(2,18)19)14-11-12(15)5-6-13(14)16/h5-6,11H,3-4,7-10H2,1-2H3. The van der Waals surface area contributed by atoms with Crippen molar-refractivity contribution in [3.63, 3.8) is 0 Å². The Morgan fingerprint density at radius 3 is 2.70 bits per heavy atom. The molecule has 6 heteroatoms. The van der Waals surface area contributed by atoms with E-state index in [2.05, 4.69) is 9.80 Å². The number of nitrogens with zero attached hydrogens (tertiary/aromatic N) is 2. The molecule has 0 fully saturated rings. The molecule has 0 amide bonds. The predicted octanol–water partition coefficient (Wildman–Crippen LogP) is 1.91. The maximum Gasteiger partial charge on any atom is 0.147 e. The summed E-state index contributed by atoms with van der Waals surface area (Å²) >= 11 is 0. The molecule has 1 aromatic carbocycles. The quantitative estimate of drug-likeness (QED) is 0.851. The topological polar surface area (TPSA) is 40.6 Å². The van der Waals surface area contributed by atoms with Gasteiger partial charge in [0.05, 0.1) is 17.1 Å². The molecule has 1 aliphatic rings. The number of anilines is 2. The van der Waals surface area contributed by atoms with Gasteiger partial charge in [-0.15, -0.1) is 0 Å². The number of rotatable bonds is 4. The van der Waals surface area contributed by atoms with Crippen molar-refractivity contribution in [1.29, 1.82) is 0 Å². The lowest BCUT2D eigenvalue weighted by atomic mass is 10.2. The Balaban J connectivity index is 2.17. The summed E-state index contributed by atoms with van der Waals surface area (Å²) in [4.78, 5) is 4.21. The molecule has 1 aromatic rings. The van der Waals surface area contributed by atoms with Gasteiger partial charge in [0, 0.05) is 32.9 Å². The van der Waals surface area contributed by atoms with Crippen LogP contribution in [-0.2, 0) is 9.84 Å². The smallest absolute Gasteiger partial charge is 0.147 e. The first-order valence-corrected chi connectivity index (χ1v) is 8.86. The minimum absolute atomic E-state index is 0.171. The van der Waals surface area contributed by atoms with E-state index in [-0.39, 0.29) is 11.6 Å². The summed E-state index contributed by atoms with van der Waals surface area (Å²) in [6.45, 7) is 2.38. The third-order valence-corrected chi connectivity index (χ3v) is 4.58. The van der Waals surface area contributed by atoms with Crippen LogP contribution in [0, 0.1) is 5.82 Å². The Bertz CT molecular complexity index is 575. The van der Waals surface area contributed by atoms with Gasteiger partial charge in [0.15, 0.2) is 0 Å². The van der Waals surface area contributed by atoms with Gasteiger partial charge in [-0.05, 0) is 31.0 Å². The van der Waals surface area contributed by atoms with Crippen LogP contribution in [0.3, 0.4) is 0 Å². The Morgan fingerprint density at radius 2 is 2.00 bits per heavy atom. The van der Waals surface area contributed by atoms with Crippen LogP contribution in [-0.4, -0.2) is 47.1 Å². The predicted molar refractivity (Wildman–Crippen MR) is 80.8 cm³/mol. The van der Waals surface area contributed by atoms with Gasteiger partial charge >= 0.3 is 0 Å². The lowest BCUT2D eigenvalue weighted by Crippen LogP contribution is -2.26. The molecule has 0 aromatic heterocycles. The van der Waals surface area contributed by atoms with E-state index >= 15 is 0 Å². The molecule has 0 saturated carbocycles. The number of fused-ring (bicyclic) bond motifs is 1. The van der Waals surface area contributed by atoms with E-state index in [1.165, 1.54) is 18.4 Å². The molecule has 0 atom stereocenters. The fourth-order valence-corrected chi connectivity index (χ4v) is 3.22. The lowest BCUT2D eigenvalue weighted by Gasteiger charge is -2.26. The molecule has 0 radical (unpaired) electrons. The fourth-order valence-electron chi connectivity index (χ4n) is 2.56. The van der Waals surface area contributed by atoms with Crippen LogP contribution in [0.15, 0.2) is 18.2 Å². The molecule has 0 N–H and O–H groups in total. The Labute approximate surface area is 120 Å². The SMILES string of the molecule is CN1CCCN(CCCS(C)(=O)=O)c2cc(F)ccc21. The van der Waals surface area contributed by atoms with Crippen LogP contribution in [0.5, 0.6) is 0 Å². The Hall–Kier alpha value is -1.30. The van der Waals surface area contributed by atoms with Crippen molar-refractivity contribution in [2.75, 3.05) is 48.5 Å². The molecule has 1 aliphatic heterocycles. The van der Waals surface area contributed by atoms with Crippen molar-refractivity contribution >= 4 is 21.2 Å². The van der Waals surface area contributed by atoms with Crippen molar-refractivity contribution in [3.05, 3.63) is 24.0 Å². The van der Waals surface area contributed by atoms with Gasteiger partial charge in [0.1, 0.15) is 15.7 Å². The van der Waals surface area contributed by atoms with Gasteiger partial charge < -0.3 is 9.80 Å². The van der Waals surface area contributed by atoms with E-state index in [4.69, 9.17) is 0 Å². The average molecular weight is 300 g/mol. The third kappa shape index (κ3) is 3.85. The second-order valence-corrected chi connectivity index (χ2v) is 7.64. The molecule has 0 unspecified atom stereocenters. The summed E-state index contributed by atoms with van der Waals surface area (Å²) in [7, 11) is -0.945. The van der Waals surface area contributed by atoms with Crippen molar-refractivity contribution in [1.82, 2.24) is 0 Å². The van der Waals surface area contributed by atoms with Crippen LogP contribution in [0.4, 0.5) is 15.8 Å². The molecule has 0 bridgehead atoms. The largest absolute Gasteiger partial charge is 0.373 e. The molecule has 4 nitrogen and oxygen atoms in total. The summed E-state index contributed by atoms with van der Waals surface area (Å²) in [5, 5.41) is 0. The van der Waals surface area contributed by atoms with Crippen LogP contribution in [0.2, 0.25) is 0 Å². The molecule has 0 saturated heterocycles. The van der Waals surface area contributed by atoms with Crippen LogP contribution in [0.25, 0.3) is 0 Å². The lowest BCUT2D eigenvalue weighted by molar-refractivity contribution is 0.597. The van der Waals surface area contributed by atoms with E-state index in [9.17, 15) is 12.8 Å². The highest BCUT2D eigenvalue weighted by Gasteiger charge is 2.19. The summed E-state index contributed by atoms with van der Waals surface area (Å²) in [6.07, 6.45) is 2.79. The summed E-state index contributed by atoms with van der Waals surface area (Å²) < 4.78 is 35.9. The zero-order chi connectivity index (χ0) is 14.8. The number of benzene rings is 1. The van der Waals surface area contributed by atoms with E-state index in [1.54, 1.807) is 6.07 Å². The normalized spacial score (nSPS) is 15.9. The molecular weight excluding hydrogens is 279 g/mol. The van der Waals surface area contributed by atoms with Crippen molar-refractivity contribution in [2.45, 2.75) is 12.8 Å². The molecule has 1 heterocycles. The van der Waals surface area contributed by atoms with E-state index < -0.39 is 9.84 Å². The van der Waals surface area contributed by atoms with Crippen LogP contribution < -0.4 is 9.80 Å². The zero-order valence-corrected chi connectivity index (χ0v) is 12.8. The van der Waals surface area contributed by atoms with Crippen LogP contribution in [0.1, 0.15) is 12.8 Å². The second kappa shape index (κ2) is 5.99. The summed E-state index contributed by atoms with van der Waals surface area (Å²) in [5.74, 6) is -0.0866. The monoisotopic (exact) mass is 300 g/mol. The van der Waals surface area contributed by atoms with Gasteiger partial charge in [-0.25, -0.2) is 12.8 Å². The maximum absolute atomic E-state index is 13.5.